The lowest BCUT2D eigenvalue weighted by Gasteiger charge is -2.05. The zero-order valence-corrected chi connectivity index (χ0v) is 13.9. The lowest BCUT2D eigenvalue weighted by Crippen LogP contribution is -2.11. The first-order valence-electron chi connectivity index (χ1n) is 7.77. The lowest BCUT2D eigenvalue weighted by molar-refractivity contribution is 0.0526. The van der Waals surface area contributed by atoms with Gasteiger partial charge in [-0.05, 0) is 55.5 Å². The number of methoxy groups -OCH3 is 1. The van der Waals surface area contributed by atoms with Crippen molar-refractivity contribution in [1.82, 2.24) is 0 Å². The van der Waals surface area contributed by atoms with E-state index in [4.69, 9.17) is 13.9 Å². The van der Waals surface area contributed by atoms with Crippen LogP contribution in [0.3, 0.4) is 0 Å². The molecule has 1 amide bonds. The molecule has 0 saturated heterocycles. The van der Waals surface area contributed by atoms with Crippen LogP contribution in [0.25, 0.3) is 11.0 Å². The molecule has 0 saturated carbocycles. The standard InChI is InChI=1S/C19H17NO5/c1-3-24-19(22)12-4-6-14(7-5-12)20-18(21)17-11-13-10-15(23-2)8-9-16(13)25-17/h4-11H,3H2,1-2H3,(H,20,21). The van der Waals surface area contributed by atoms with Crippen LogP contribution in [-0.4, -0.2) is 25.6 Å². The largest absolute Gasteiger partial charge is 0.497 e. The molecular formula is C19H17NO5. The van der Waals surface area contributed by atoms with Crippen LogP contribution >= 0.6 is 0 Å². The Morgan fingerprint density at radius 3 is 2.52 bits per heavy atom. The summed E-state index contributed by atoms with van der Waals surface area (Å²) in [6.07, 6.45) is 0. The number of rotatable bonds is 5. The van der Waals surface area contributed by atoms with E-state index in [1.54, 1.807) is 62.6 Å². The fourth-order valence-electron chi connectivity index (χ4n) is 2.36. The number of hydrogen-bond donors (Lipinski definition) is 1. The number of nitrogens with one attached hydrogen (secondary N) is 1. The van der Waals surface area contributed by atoms with Gasteiger partial charge in [-0.3, -0.25) is 4.79 Å². The summed E-state index contributed by atoms with van der Waals surface area (Å²) in [6.45, 7) is 2.06. The predicted molar refractivity (Wildman–Crippen MR) is 93.1 cm³/mol. The van der Waals surface area contributed by atoms with E-state index < -0.39 is 5.97 Å². The molecule has 0 atom stereocenters. The predicted octanol–water partition coefficient (Wildman–Crippen LogP) is 3.87. The molecule has 0 bridgehead atoms. The Morgan fingerprint density at radius 1 is 1.08 bits per heavy atom. The first-order chi connectivity index (χ1) is 12.1. The van der Waals surface area contributed by atoms with Gasteiger partial charge in [-0.2, -0.15) is 0 Å². The molecule has 0 spiro atoms. The maximum absolute atomic E-state index is 12.3. The number of furan rings is 1. The Bertz CT molecular complexity index is 911. The van der Waals surface area contributed by atoms with Gasteiger partial charge in [-0.15, -0.1) is 0 Å². The van der Waals surface area contributed by atoms with Gasteiger partial charge < -0.3 is 19.2 Å². The number of carbonyl (C=O) groups excluding carboxylic acids is 2. The van der Waals surface area contributed by atoms with E-state index >= 15 is 0 Å². The van der Waals surface area contributed by atoms with Crippen molar-refractivity contribution < 1.29 is 23.5 Å². The van der Waals surface area contributed by atoms with E-state index in [0.29, 0.717) is 29.2 Å². The van der Waals surface area contributed by atoms with E-state index in [1.807, 2.05) is 0 Å². The number of hydrogen-bond acceptors (Lipinski definition) is 5. The summed E-state index contributed by atoms with van der Waals surface area (Å²) in [6, 6.07) is 13.4. The second-order valence-electron chi connectivity index (χ2n) is 5.27. The molecule has 3 aromatic rings. The maximum atomic E-state index is 12.3. The summed E-state index contributed by atoms with van der Waals surface area (Å²) in [5.41, 5.74) is 1.58. The first kappa shape index (κ1) is 16.6. The van der Waals surface area contributed by atoms with Crippen molar-refractivity contribution in [1.29, 1.82) is 0 Å². The minimum absolute atomic E-state index is 0.192. The lowest BCUT2D eigenvalue weighted by atomic mass is 10.2. The number of ether oxygens (including phenoxy) is 2. The number of amides is 1. The summed E-state index contributed by atoms with van der Waals surface area (Å²) >= 11 is 0. The van der Waals surface area contributed by atoms with Gasteiger partial charge >= 0.3 is 5.97 Å². The highest BCUT2D eigenvalue weighted by Crippen LogP contribution is 2.24. The highest BCUT2D eigenvalue weighted by atomic mass is 16.5. The molecule has 6 heteroatoms. The summed E-state index contributed by atoms with van der Waals surface area (Å²) in [5, 5.41) is 3.51. The van der Waals surface area contributed by atoms with E-state index in [1.165, 1.54) is 0 Å². The van der Waals surface area contributed by atoms with Gasteiger partial charge in [0.05, 0.1) is 19.3 Å². The third-order valence-electron chi connectivity index (χ3n) is 3.60. The van der Waals surface area contributed by atoms with Crippen molar-refractivity contribution in [2.45, 2.75) is 6.92 Å². The fraction of sp³-hybridized carbons (Fsp3) is 0.158. The van der Waals surface area contributed by atoms with Crippen molar-refractivity contribution in [3.05, 3.63) is 59.9 Å². The smallest absolute Gasteiger partial charge is 0.338 e. The third-order valence-corrected chi connectivity index (χ3v) is 3.60. The van der Waals surface area contributed by atoms with Crippen molar-refractivity contribution in [2.24, 2.45) is 0 Å². The molecule has 3 rings (SSSR count). The first-order valence-corrected chi connectivity index (χ1v) is 7.77. The van der Waals surface area contributed by atoms with Gasteiger partial charge in [0.25, 0.3) is 5.91 Å². The molecule has 0 aliphatic rings. The van der Waals surface area contributed by atoms with Crippen LogP contribution in [-0.2, 0) is 4.74 Å². The topological polar surface area (TPSA) is 77.8 Å². The summed E-state index contributed by atoms with van der Waals surface area (Å²) < 4.78 is 15.6. The van der Waals surface area contributed by atoms with Crippen LogP contribution in [0, 0.1) is 0 Å². The molecule has 25 heavy (non-hydrogen) atoms. The Balaban J connectivity index is 1.74. The van der Waals surface area contributed by atoms with Crippen molar-refractivity contribution in [3.63, 3.8) is 0 Å². The van der Waals surface area contributed by atoms with Crippen LogP contribution in [0.5, 0.6) is 5.75 Å². The number of carbonyl (C=O) groups is 2. The normalized spacial score (nSPS) is 10.5. The minimum atomic E-state index is -0.397. The fourth-order valence-corrected chi connectivity index (χ4v) is 2.36. The van der Waals surface area contributed by atoms with Gasteiger partial charge in [0.1, 0.15) is 11.3 Å². The third kappa shape index (κ3) is 3.63. The molecular weight excluding hydrogens is 322 g/mol. The summed E-state index contributed by atoms with van der Waals surface area (Å²) in [4.78, 5) is 23.9. The zero-order chi connectivity index (χ0) is 17.8. The molecule has 0 unspecified atom stereocenters. The van der Waals surface area contributed by atoms with Gasteiger partial charge in [0, 0.05) is 11.1 Å². The molecule has 0 fully saturated rings. The molecule has 0 aliphatic heterocycles. The minimum Gasteiger partial charge on any atom is -0.497 e. The number of anilines is 1. The molecule has 128 valence electrons. The molecule has 1 heterocycles. The number of esters is 1. The van der Waals surface area contributed by atoms with Crippen molar-refractivity contribution >= 4 is 28.5 Å². The van der Waals surface area contributed by atoms with Gasteiger partial charge in [-0.1, -0.05) is 0 Å². The number of fused-ring (bicyclic) bond motifs is 1. The molecule has 0 aliphatic carbocycles. The second-order valence-corrected chi connectivity index (χ2v) is 5.27. The SMILES string of the molecule is CCOC(=O)c1ccc(NC(=O)c2cc3cc(OC)ccc3o2)cc1. The van der Waals surface area contributed by atoms with Crippen LogP contribution in [0.2, 0.25) is 0 Å². The van der Waals surface area contributed by atoms with Crippen LogP contribution in [0.1, 0.15) is 27.8 Å². The highest BCUT2D eigenvalue weighted by Gasteiger charge is 2.14. The van der Waals surface area contributed by atoms with E-state index in [9.17, 15) is 9.59 Å². The Labute approximate surface area is 144 Å². The summed E-state index contributed by atoms with van der Waals surface area (Å²) in [5.74, 6) is 0.109. The van der Waals surface area contributed by atoms with Crippen LogP contribution in [0.15, 0.2) is 52.9 Å². The monoisotopic (exact) mass is 339 g/mol. The van der Waals surface area contributed by atoms with E-state index in [-0.39, 0.29) is 11.7 Å². The van der Waals surface area contributed by atoms with Gasteiger partial charge in [0.15, 0.2) is 5.76 Å². The molecule has 6 nitrogen and oxygen atoms in total. The summed E-state index contributed by atoms with van der Waals surface area (Å²) in [7, 11) is 1.58. The van der Waals surface area contributed by atoms with Crippen LogP contribution < -0.4 is 10.1 Å². The zero-order valence-electron chi connectivity index (χ0n) is 13.9. The van der Waals surface area contributed by atoms with E-state index in [2.05, 4.69) is 5.32 Å². The van der Waals surface area contributed by atoms with Crippen LogP contribution in [0.4, 0.5) is 5.69 Å². The molecule has 1 N–H and O–H groups in total. The highest BCUT2D eigenvalue weighted by molar-refractivity contribution is 6.05. The average Bonchev–Trinajstić information content (AvgIpc) is 3.05. The van der Waals surface area contributed by atoms with Crippen molar-refractivity contribution in [3.8, 4) is 5.75 Å². The van der Waals surface area contributed by atoms with E-state index in [0.717, 1.165) is 5.39 Å². The van der Waals surface area contributed by atoms with Gasteiger partial charge in [0.2, 0.25) is 0 Å². The quantitative estimate of drug-likeness (QED) is 0.714. The van der Waals surface area contributed by atoms with Gasteiger partial charge in [-0.25, -0.2) is 4.79 Å². The average molecular weight is 339 g/mol. The maximum Gasteiger partial charge on any atom is 0.338 e. The molecule has 1 aromatic heterocycles. The second kappa shape index (κ2) is 7.09. The Morgan fingerprint density at radius 2 is 1.84 bits per heavy atom. The molecule has 2 aromatic carbocycles. The Kier molecular flexibility index (Phi) is 4.70. The Hall–Kier alpha value is -3.28. The number of benzene rings is 2. The molecule has 0 radical (unpaired) electrons. The van der Waals surface area contributed by atoms with Crippen molar-refractivity contribution in [2.75, 3.05) is 19.0 Å².